The van der Waals surface area contributed by atoms with Gasteiger partial charge in [-0.15, -0.1) is 0 Å². The van der Waals surface area contributed by atoms with Crippen LogP contribution in [0.15, 0.2) is 30.3 Å². The molecule has 98 valence electrons. The lowest BCUT2D eigenvalue weighted by Crippen LogP contribution is -2.40. The van der Waals surface area contributed by atoms with Crippen LogP contribution in [0.3, 0.4) is 0 Å². The monoisotopic (exact) mass is 246 g/mol. The van der Waals surface area contributed by atoms with E-state index in [0.29, 0.717) is 5.92 Å². The number of anilines is 1. The molecule has 0 saturated heterocycles. The number of carbonyl (C=O) groups is 1. The van der Waals surface area contributed by atoms with Gasteiger partial charge in [0.2, 0.25) is 5.91 Å². The number of benzene rings is 1. The average Bonchev–Trinajstić information content (AvgIpc) is 3.21. The highest BCUT2D eigenvalue weighted by Crippen LogP contribution is 2.36. The predicted molar refractivity (Wildman–Crippen MR) is 74.4 cm³/mol. The van der Waals surface area contributed by atoms with Crippen molar-refractivity contribution < 1.29 is 4.79 Å². The lowest BCUT2D eigenvalue weighted by molar-refractivity contribution is -0.117. The molecule has 1 amide bonds. The van der Waals surface area contributed by atoms with E-state index in [1.54, 1.807) is 0 Å². The van der Waals surface area contributed by atoms with E-state index in [2.05, 4.69) is 17.6 Å². The van der Waals surface area contributed by atoms with Crippen LogP contribution in [0.1, 0.15) is 26.7 Å². The van der Waals surface area contributed by atoms with Crippen LogP contribution < -0.4 is 10.6 Å². The van der Waals surface area contributed by atoms with Gasteiger partial charge in [-0.25, -0.2) is 0 Å². The zero-order chi connectivity index (χ0) is 13.0. The summed E-state index contributed by atoms with van der Waals surface area (Å²) in [5.41, 5.74) is 0.853. The van der Waals surface area contributed by atoms with E-state index in [1.807, 2.05) is 37.3 Å². The Morgan fingerprint density at radius 3 is 2.56 bits per heavy atom. The first-order chi connectivity index (χ1) is 8.66. The van der Waals surface area contributed by atoms with Crippen molar-refractivity contribution in [1.82, 2.24) is 5.32 Å². The molecule has 2 atom stereocenters. The Hall–Kier alpha value is -1.35. The van der Waals surface area contributed by atoms with Crippen molar-refractivity contribution in [2.24, 2.45) is 11.8 Å². The van der Waals surface area contributed by atoms with E-state index < -0.39 is 0 Å². The minimum Gasteiger partial charge on any atom is -0.325 e. The molecular weight excluding hydrogens is 224 g/mol. The fraction of sp³-hybridized carbons (Fsp3) is 0.533. The summed E-state index contributed by atoms with van der Waals surface area (Å²) < 4.78 is 0. The van der Waals surface area contributed by atoms with Crippen molar-refractivity contribution in [3.8, 4) is 0 Å². The zero-order valence-corrected chi connectivity index (χ0v) is 11.1. The second-order valence-electron chi connectivity index (χ2n) is 5.30. The van der Waals surface area contributed by atoms with Crippen molar-refractivity contribution in [2.75, 3.05) is 11.9 Å². The highest BCUT2D eigenvalue weighted by atomic mass is 16.2. The van der Waals surface area contributed by atoms with Gasteiger partial charge >= 0.3 is 0 Å². The first-order valence-electron chi connectivity index (χ1n) is 6.76. The number of para-hydroxylation sites is 1. The van der Waals surface area contributed by atoms with Crippen molar-refractivity contribution in [3.05, 3.63) is 30.3 Å². The van der Waals surface area contributed by atoms with Crippen LogP contribution in [0.2, 0.25) is 0 Å². The standard InChI is InChI=1S/C15H22N2O/c1-11(13-8-9-13)10-16-12(2)15(18)17-14-6-4-3-5-7-14/h3-7,11-13,16H,8-10H2,1-2H3,(H,17,18). The molecule has 3 heteroatoms. The maximum absolute atomic E-state index is 11.9. The molecule has 1 aliphatic rings. The maximum Gasteiger partial charge on any atom is 0.241 e. The normalized spacial score (nSPS) is 18.1. The van der Waals surface area contributed by atoms with E-state index in [-0.39, 0.29) is 11.9 Å². The second-order valence-corrected chi connectivity index (χ2v) is 5.30. The number of amides is 1. The van der Waals surface area contributed by atoms with Crippen molar-refractivity contribution >= 4 is 11.6 Å². The van der Waals surface area contributed by atoms with Gasteiger partial charge in [-0.1, -0.05) is 25.1 Å². The molecule has 1 aromatic rings. The Bertz CT molecular complexity index is 387. The summed E-state index contributed by atoms with van der Waals surface area (Å²) in [6.45, 7) is 5.10. The molecule has 0 aromatic heterocycles. The molecular formula is C15H22N2O. The molecule has 0 radical (unpaired) electrons. The van der Waals surface area contributed by atoms with Crippen LogP contribution in [0.4, 0.5) is 5.69 Å². The Morgan fingerprint density at radius 1 is 1.28 bits per heavy atom. The van der Waals surface area contributed by atoms with Crippen LogP contribution >= 0.6 is 0 Å². The number of rotatable bonds is 6. The average molecular weight is 246 g/mol. The lowest BCUT2D eigenvalue weighted by Gasteiger charge is -2.17. The van der Waals surface area contributed by atoms with E-state index in [4.69, 9.17) is 0 Å². The van der Waals surface area contributed by atoms with Gasteiger partial charge in [0.15, 0.2) is 0 Å². The fourth-order valence-electron chi connectivity index (χ4n) is 2.06. The largest absolute Gasteiger partial charge is 0.325 e. The molecule has 1 aliphatic carbocycles. The predicted octanol–water partition coefficient (Wildman–Crippen LogP) is 2.65. The summed E-state index contributed by atoms with van der Waals surface area (Å²) in [5.74, 6) is 1.59. The highest BCUT2D eigenvalue weighted by molar-refractivity contribution is 5.94. The third kappa shape index (κ3) is 3.84. The van der Waals surface area contributed by atoms with Gasteiger partial charge in [0.1, 0.15) is 0 Å². The summed E-state index contributed by atoms with van der Waals surface area (Å²) in [7, 11) is 0. The van der Waals surface area contributed by atoms with E-state index in [1.165, 1.54) is 12.8 Å². The summed E-state index contributed by atoms with van der Waals surface area (Å²) in [6.07, 6.45) is 2.71. The third-order valence-electron chi connectivity index (χ3n) is 3.61. The molecule has 1 fully saturated rings. The zero-order valence-electron chi connectivity index (χ0n) is 11.1. The molecule has 1 aromatic carbocycles. The Kier molecular flexibility index (Phi) is 4.37. The summed E-state index contributed by atoms with van der Waals surface area (Å²) in [4.78, 5) is 11.9. The molecule has 3 nitrogen and oxygen atoms in total. The van der Waals surface area contributed by atoms with Gasteiger partial charge in [-0.05, 0) is 50.3 Å². The number of nitrogens with one attached hydrogen (secondary N) is 2. The van der Waals surface area contributed by atoms with Gasteiger partial charge in [0, 0.05) is 5.69 Å². The Morgan fingerprint density at radius 2 is 1.94 bits per heavy atom. The molecule has 1 saturated carbocycles. The van der Waals surface area contributed by atoms with Crippen LogP contribution in [0.25, 0.3) is 0 Å². The second kappa shape index (κ2) is 6.01. The van der Waals surface area contributed by atoms with Crippen molar-refractivity contribution in [3.63, 3.8) is 0 Å². The van der Waals surface area contributed by atoms with Crippen LogP contribution in [0.5, 0.6) is 0 Å². The third-order valence-corrected chi connectivity index (χ3v) is 3.61. The number of hydrogen-bond donors (Lipinski definition) is 2. The molecule has 2 N–H and O–H groups in total. The quantitative estimate of drug-likeness (QED) is 0.810. The summed E-state index contributed by atoms with van der Waals surface area (Å²) >= 11 is 0. The van der Waals surface area contributed by atoms with E-state index in [9.17, 15) is 4.79 Å². The first-order valence-corrected chi connectivity index (χ1v) is 6.76. The molecule has 0 heterocycles. The Labute approximate surface area is 109 Å². The van der Waals surface area contributed by atoms with E-state index >= 15 is 0 Å². The van der Waals surface area contributed by atoms with Gasteiger partial charge in [-0.2, -0.15) is 0 Å². The number of hydrogen-bond acceptors (Lipinski definition) is 2. The smallest absolute Gasteiger partial charge is 0.241 e. The van der Waals surface area contributed by atoms with Gasteiger partial charge in [-0.3, -0.25) is 4.79 Å². The fourth-order valence-corrected chi connectivity index (χ4v) is 2.06. The first kappa shape index (κ1) is 13.1. The molecule has 0 aliphatic heterocycles. The number of carbonyl (C=O) groups excluding carboxylic acids is 1. The highest BCUT2D eigenvalue weighted by Gasteiger charge is 2.28. The maximum atomic E-state index is 11.9. The van der Waals surface area contributed by atoms with E-state index in [0.717, 1.165) is 18.2 Å². The van der Waals surface area contributed by atoms with Crippen LogP contribution in [0, 0.1) is 11.8 Å². The van der Waals surface area contributed by atoms with Gasteiger partial charge in [0.25, 0.3) is 0 Å². The van der Waals surface area contributed by atoms with Gasteiger partial charge in [0.05, 0.1) is 6.04 Å². The minimum atomic E-state index is -0.147. The summed E-state index contributed by atoms with van der Waals surface area (Å²) in [5, 5.41) is 6.22. The molecule has 0 spiro atoms. The van der Waals surface area contributed by atoms with Crippen LogP contribution in [-0.4, -0.2) is 18.5 Å². The topological polar surface area (TPSA) is 41.1 Å². The minimum absolute atomic E-state index is 0.0317. The molecule has 2 unspecified atom stereocenters. The van der Waals surface area contributed by atoms with Crippen molar-refractivity contribution in [1.29, 1.82) is 0 Å². The SMILES string of the molecule is CC(NCC(C)C1CC1)C(=O)Nc1ccccc1. The molecule has 18 heavy (non-hydrogen) atoms. The van der Waals surface area contributed by atoms with Crippen molar-refractivity contribution in [2.45, 2.75) is 32.7 Å². The molecule has 0 bridgehead atoms. The molecule has 2 rings (SSSR count). The lowest BCUT2D eigenvalue weighted by atomic mass is 10.1. The van der Waals surface area contributed by atoms with Crippen LogP contribution in [-0.2, 0) is 4.79 Å². The summed E-state index contributed by atoms with van der Waals surface area (Å²) in [6, 6.07) is 9.43. The van der Waals surface area contributed by atoms with Gasteiger partial charge < -0.3 is 10.6 Å². The Balaban J connectivity index is 1.74.